The third-order valence-electron chi connectivity index (χ3n) is 3.60. The predicted molar refractivity (Wildman–Crippen MR) is 97.0 cm³/mol. The van der Waals surface area contributed by atoms with Crippen LogP contribution in [0.25, 0.3) is 0 Å². The maximum Gasteiger partial charge on any atom is 0.247 e. The van der Waals surface area contributed by atoms with Crippen molar-refractivity contribution in [3.63, 3.8) is 0 Å². The summed E-state index contributed by atoms with van der Waals surface area (Å²) < 4.78 is 0. The van der Waals surface area contributed by atoms with Gasteiger partial charge in [0, 0.05) is 0 Å². The highest BCUT2D eigenvalue weighted by Gasteiger charge is 2.24. The van der Waals surface area contributed by atoms with Crippen molar-refractivity contribution >= 4 is 29.1 Å². The molecule has 0 saturated heterocycles. The summed E-state index contributed by atoms with van der Waals surface area (Å²) in [4.78, 5) is 24.7. The van der Waals surface area contributed by atoms with Gasteiger partial charge in [-0.15, -0.1) is 0 Å². The van der Waals surface area contributed by atoms with Crippen LogP contribution in [0.5, 0.6) is 0 Å². The Balaban J connectivity index is 2.02. The Morgan fingerprint density at radius 2 is 1.62 bits per heavy atom. The monoisotopic (exact) mass is 344 g/mol. The van der Waals surface area contributed by atoms with Gasteiger partial charge >= 0.3 is 0 Å². The molecule has 0 saturated carbocycles. The summed E-state index contributed by atoms with van der Waals surface area (Å²) >= 11 is 6.06. The molecule has 1 unspecified atom stereocenters. The molecule has 24 heavy (non-hydrogen) atoms. The van der Waals surface area contributed by atoms with Crippen molar-refractivity contribution in [2.75, 3.05) is 5.32 Å². The molecule has 0 aliphatic carbocycles. The Morgan fingerprint density at radius 1 is 1.00 bits per heavy atom. The van der Waals surface area contributed by atoms with Gasteiger partial charge in [0.2, 0.25) is 11.8 Å². The fourth-order valence-electron chi connectivity index (χ4n) is 2.31. The van der Waals surface area contributed by atoms with Gasteiger partial charge in [-0.05, 0) is 23.6 Å². The quantitative estimate of drug-likeness (QED) is 0.840. The van der Waals surface area contributed by atoms with Gasteiger partial charge in [-0.2, -0.15) is 0 Å². The van der Waals surface area contributed by atoms with E-state index in [-0.39, 0.29) is 24.2 Å². The van der Waals surface area contributed by atoms with Crippen LogP contribution in [-0.2, 0) is 16.0 Å². The summed E-state index contributed by atoms with van der Waals surface area (Å²) in [7, 11) is 0. The molecular formula is C19H21ClN2O2. The average molecular weight is 345 g/mol. The summed E-state index contributed by atoms with van der Waals surface area (Å²) in [5.41, 5.74) is 1.44. The smallest absolute Gasteiger partial charge is 0.247 e. The topological polar surface area (TPSA) is 58.2 Å². The molecule has 2 N–H and O–H groups in total. The highest BCUT2D eigenvalue weighted by atomic mass is 35.5. The number of carbonyl (C=O) groups is 2. The first-order valence-corrected chi connectivity index (χ1v) is 8.24. The zero-order chi connectivity index (χ0) is 17.5. The van der Waals surface area contributed by atoms with Crippen molar-refractivity contribution in [3.05, 3.63) is 65.2 Å². The van der Waals surface area contributed by atoms with Gasteiger partial charge in [-0.3, -0.25) is 9.59 Å². The molecule has 126 valence electrons. The van der Waals surface area contributed by atoms with Gasteiger partial charge in [0.25, 0.3) is 0 Å². The van der Waals surface area contributed by atoms with Gasteiger partial charge in [0.05, 0.1) is 17.1 Å². The van der Waals surface area contributed by atoms with Crippen molar-refractivity contribution in [1.29, 1.82) is 0 Å². The molecule has 1 atom stereocenters. The lowest BCUT2D eigenvalue weighted by Crippen LogP contribution is -2.47. The Bertz CT molecular complexity index is 702. The first-order valence-electron chi connectivity index (χ1n) is 7.86. The summed E-state index contributed by atoms with van der Waals surface area (Å²) in [5.74, 6) is -0.513. The molecule has 0 aromatic heterocycles. The fraction of sp³-hybridized carbons (Fsp3) is 0.263. The molecule has 2 rings (SSSR count). The Kier molecular flexibility index (Phi) is 6.38. The zero-order valence-corrected chi connectivity index (χ0v) is 14.5. The van der Waals surface area contributed by atoms with Crippen molar-refractivity contribution in [1.82, 2.24) is 5.32 Å². The summed E-state index contributed by atoms with van der Waals surface area (Å²) in [6, 6.07) is 15.8. The van der Waals surface area contributed by atoms with E-state index in [1.165, 1.54) is 0 Å². The first kappa shape index (κ1) is 18.0. The van der Waals surface area contributed by atoms with Crippen molar-refractivity contribution in [2.24, 2.45) is 5.92 Å². The van der Waals surface area contributed by atoms with Crippen molar-refractivity contribution < 1.29 is 9.59 Å². The van der Waals surface area contributed by atoms with Gasteiger partial charge in [0.1, 0.15) is 6.04 Å². The number of amides is 2. The van der Waals surface area contributed by atoms with E-state index < -0.39 is 6.04 Å². The van der Waals surface area contributed by atoms with Crippen molar-refractivity contribution in [3.8, 4) is 0 Å². The minimum Gasteiger partial charge on any atom is -0.344 e. The molecule has 2 aromatic rings. The standard InChI is InChI=1S/C19H21ClN2O2/c1-13(2)18(19(24)21-16-11-7-6-10-15(16)20)22-17(23)12-14-8-4-3-5-9-14/h3-11,13,18H,12H2,1-2H3,(H,21,24)(H,22,23). The molecule has 2 aromatic carbocycles. The molecule has 0 spiro atoms. The lowest BCUT2D eigenvalue weighted by molar-refractivity contribution is -0.127. The molecule has 0 bridgehead atoms. The summed E-state index contributed by atoms with van der Waals surface area (Å²) in [6.07, 6.45) is 0.240. The van der Waals surface area contributed by atoms with Crippen LogP contribution in [0.1, 0.15) is 19.4 Å². The van der Waals surface area contributed by atoms with Crippen LogP contribution in [0.3, 0.4) is 0 Å². The van der Waals surface area contributed by atoms with Gasteiger partial charge in [-0.25, -0.2) is 0 Å². The average Bonchev–Trinajstić information content (AvgIpc) is 2.55. The predicted octanol–water partition coefficient (Wildman–Crippen LogP) is 3.66. The van der Waals surface area contributed by atoms with E-state index in [4.69, 9.17) is 11.6 Å². The number of para-hydroxylation sites is 1. The second-order valence-electron chi connectivity index (χ2n) is 5.92. The van der Waals surface area contributed by atoms with Crippen LogP contribution in [0.2, 0.25) is 5.02 Å². The van der Waals surface area contributed by atoms with E-state index in [1.54, 1.807) is 24.3 Å². The lowest BCUT2D eigenvalue weighted by Gasteiger charge is -2.22. The van der Waals surface area contributed by atoms with Crippen LogP contribution >= 0.6 is 11.6 Å². The molecule has 0 aliphatic heterocycles. The molecule has 4 nitrogen and oxygen atoms in total. The maximum absolute atomic E-state index is 12.5. The Morgan fingerprint density at radius 3 is 2.25 bits per heavy atom. The number of hydrogen-bond acceptors (Lipinski definition) is 2. The highest BCUT2D eigenvalue weighted by molar-refractivity contribution is 6.33. The second kappa shape index (κ2) is 8.50. The molecule has 0 aliphatic rings. The third kappa shape index (κ3) is 5.10. The van der Waals surface area contributed by atoms with E-state index in [9.17, 15) is 9.59 Å². The second-order valence-corrected chi connectivity index (χ2v) is 6.33. The molecule has 2 amide bonds. The Labute approximate surface area is 147 Å². The van der Waals surface area contributed by atoms with E-state index in [2.05, 4.69) is 10.6 Å². The highest BCUT2D eigenvalue weighted by Crippen LogP contribution is 2.21. The van der Waals surface area contributed by atoms with Crippen LogP contribution in [0.4, 0.5) is 5.69 Å². The van der Waals surface area contributed by atoms with E-state index >= 15 is 0 Å². The fourth-order valence-corrected chi connectivity index (χ4v) is 2.50. The van der Waals surface area contributed by atoms with E-state index in [0.717, 1.165) is 5.56 Å². The number of benzene rings is 2. The van der Waals surface area contributed by atoms with Crippen LogP contribution in [-0.4, -0.2) is 17.9 Å². The first-order chi connectivity index (χ1) is 11.5. The molecule has 0 radical (unpaired) electrons. The van der Waals surface area contributed by atoms with E-state index in [1.807, 2.05) is 44.2 Å². The largest absolute Gasteiger partial charge is 0.344 e. The van der Waals surface area contributed by atoms with E-state index in [0.29, 0.717) is 10.7 Å². The van der Waals surface area contributed by atoms with Gasteiger partial charge in [0.15, 0.2) is 0 Å². The van der Waals surface area contributed by atoms with Gasteiger partial charge in [-0.1, -0.05) is 67.9 Å². The van der Waals surface area contributed by atoms with Crippen LogP contribution < -0.4 is 10.6 Å². The number of halogens is 1. The SMILES string of the molecule is CC(C)C(NC(=O)Cc1ccccc1)C(=O)Nc1ccccc1Cl. The lowest BCUT2D eigenvalue weighted by atomic mass is 10.0. The maximum atomic E-state index is 12.5. The number of anilines is 1. The summed E-state index contributed by atoms with van der Waals surface area (Å²) in [5, 5.41) is 6.05. The minimum absolute atomic E-state index is 0.0489. The van der Waals surface area contributed by atoms with Gasteiger partial charge < -0.3 is 10.6 Å². The number of nitrogens with one attached hydrogen (secondary N) is 2. The third-order valence-corrected chi connectivity index (χ3v) is 3.93. The summed E-state index contributed by atoms with van der Waals surface area (Å²) in [6.45, 7) is 3.78. The molecule has 0 fully saturated rings. The van der Waals surface area contributed by atoms with Crippen LogP contribution in [0, 0.1) is 5.92 Å². The van der Waals surface area contributed by atoms with Crippen LogP contribution in [0.15, 0.2) is 54.6 Å². The Hall–Kier alpha value is -2.33. The zero-order valence-electron chi connectivity index (χ0n) is 13.8. The minimum atomic E-state index is -0.627. The number of carbonyl (C=O) groups excluding carboxylic acids is 2. The molecule has 5 heteroatoms. The number of rotatable bonds is 6. The molecule has 0 heterocycles. The van der Waals surface area contributed by atoms with Crippen molar-refractivity contribution in [2.45, 2.75) is 26.3 Å². The molecular weight excluding hydrogens is 324 g/mol. The normalized spacial score (nSPS) is 11.8. The number of hydrogen-bond donors (Lipinski definition) is 2.